The van der Waals surface area contributed by atoms with Gasteiger partial charge in [-0.15, -0.1) is 11.3 Å². The van der Waals surface area contributed by atoms with Crippen LogP contribution < -0.4 is 5.73 Å². The standard InChI is InChI=1S/C10H9ClN2S2/c1-6-5-14-10(13-6)15-9-3-2-7(11)4-8(9)12/h2-5H,12H2,1H3. The predicted molar refractivity (Wildman–Crippen MR) is 66.8 cm³/mol. The number of halogens is 1. The van der Waals surface area contributed by atoms with Gasteiger partial charge in [0, 0.05) is 26.7 Å². The molecular formula is C10H9ClN2S2. The third-order valence-corrected chi connectivity index (χ3v) is 4.15. The number of anilines is 1. The van der Waals surface area contributed by atoms with E-state index in [1.54, 1.807) is 29.2 Å². The zero-order chi connectivity index (χ0) is 10.8. The summed E-state index contributed by atoms with van der Waals surface area (Å²) in [4.78, 5) is 5.36. The van der Waals surface area contributed by atoms with Gasteiger partial charge >= 0.3 is 0 Å². The lowest BCUT2D eigenvalue weighted by atomic mass is 10.3. The maximum Gasteiger partial charge on any atom is 0.154 e. The van der Waals surface area contributed by atoms with E-state index in [1.807, 2.05) is 24.4 Å². The number of thiazole rings is 1. The highest BCUT2D eigenvalue weighted by Gasteiger charge is 2.05. The van der Waals surface area contributed by atoms with Gasteiger partial charge in [-0.2, -0.15) is 0 Å². The van der Waals surface area contributed by atoms with Crippen LogP contribution in [0.5, 0.6) is 0 Å². The molecule has 15 heavy (non-hydrogen) atoms. The summed E-state index contributed by atoms with van der Waals surface area (Å²) in [5, 5.41) is 2.68. The largest absolute Gasteiger partial charge is 0.398 e. The highest BCUT2D eigenvalue weighted by molar-refractivity contribution is 8.01. The van der Waals surface area contributed by atoms with E-state index >= 15 is 0 Å². The van der Waals surface area contributed by atoms with E-state index < -0.39 is 0 Å². The van der Waals surface area contributed by atoms with Crippen molar-refractivity contribution >= 4 is 40.4 Å². The van der Waals surface area contributed by atoms with Gasteiger partial charge in [-0.3, -0.25) is 0 Å². The first kappa shape index (κ1) is 10.8. The highest BCUT2D eigenvalue weighted by atomic mass is 35.5. The molecule has 0 bridgehead atoms. The predicted octanol–water partition coefficient (Wildman–Crippen LogP) is 3.84. The molecule has 0 radical (unpaired) electrons. The molecule has 78 valence electrons. The molecule has 0 fully saturated rings. The SMILES string of the molecule is Cc1csc(Sc2ccc(Cl)cc2N)n1. The number of benzene rings is 1. The molecular weight excluding hydrogens is 248 g/mol. The minimum Gasteiger partial charge on any atom is -0.398 e. The van der Waals surface area contributed by atoms with Crippen LogP contribution in [0, 0.1) is 6.92 Å². The number of nitrogens with zero attached hydrogens (tertiary/aromatic N) is 1. The van der Waals surface area contributed by atoms with Crippen molar-refractivity contribution < 1.29 is 0 Å². The first-order chi connectivity index (χ1) is 7.15. The molecule has 0 saturated heterocycles. The summed E-state index contributed by atoms with van der Waals surface area (Å²) in [5.74, 6) is 0. The zero-order valence-corrected chi connectivity index (χ0v) is 10.4. The van der Waals surface area contributed by atoms with Crippen LogP contribution in [0.3, 0.4) is 0 Å². The molecule has 2 aromatic rings. The van der Waals surface area contributed by atoms with Crippen LogP contribution in [0.1, 0.15) is 5.69 Å². The number of hydrogen-bond donors (Lipinski definition) is 1. The van der Waals surface area contributed by atoms with E-state index in [4.69, 9.17) is 17.3 Å². The Morgan fingerprint density at radius 2 is 2.27 bits per heavy atom. The van der Waals surface area contributed by atoms with Crippen molar-refractivity contribution in [3.63, 3.8) is 0 Å². The van der Waals surface area contributed by atoms with Crippen molar-refractivity contribution in [2.24, 2.45) is 0 Å². The fourth-order valence-electron chi connectivity index (χ4n) is 1.09. The lowest BCUT2D eigenvalue weighted by Gasteiger charge is -2.02. The second kappa shape index (κ2) is 4.43. The van der Waals surface area contributed by atoms with Crippen molar-refractivity contribution in [2.45, 2.75) is 16.2 Å². The molecule has 1 aromatic carbocycles. The Bertz CT molecular complexity index is 482. The minimum atomic E-state index is 0.659. The molecule has 0 aliphatic carbocycles. The van der Waals surface area contributed by atoms with Crippen LogP contribution in [-0.2, 0) is 0 Å². The van der Waals surface area contributed by atoms with Crippen molar-refractivity contribution in [3.8, 4) is 0 Å². The monoisotopic (exact) mass is 256 g/mol. The summed E-state index contributed by atoms with van der Waals surface area (Å²) in [7, 11) is 0. The van der Waals surface area contributed by atoms with Crippen molar-refractivity contribution in [1.82, 2.24) is 4.98 Å². The molecule has 0 atom stereocenters. The Labute approximate surface area is 101 Å². The maximum absolute atomic E-state index is 5.85. The van der Waals surface area contributed by atoms with Gasteiger partial charge in [-0.25, -0.2) is 4.98 Å². The molecule has 0 saturated carbocycles. The molecule has 0 aliphatic heterocycles. The fourth-order valence-corrected chi connectivity index (χ4v) is 3.08. The van der Waals surface area contributed by atoms with Gasteiger partial charge in [0.25, 0.3) is 0 Å². The fraction of sp³-hybridized carbons (Fsp3) is 0.100. The average molecular weight is 257 g/mol. The lowest BCUT2D eigenvalue weighted by Crippen LogP contribution is -1.87. The average Bonchev–Trinajstić information content (AvgIpc) is 2.56. The number of aromatic nitrogens is 1. The van der Waals surface area contributed by atoms with Crippen LogP contribution in [0.4, 0.5) is 5.69 Å². The molecule has 0 unspecified atom stereocenters. The quantitative estimate of drug-likeness (QED) is 0.830. The van der Waals surface area contributed by atoms with Gasteiger partial charge in [-0.05, 0) is 25.1 Å². The Morgan fingerprint density at radius 3 is 2.87 bits per heavy atom. The first-order valence-corrected chi connectivity index (χ1v) is 6.37. The van der Waals surface area contributed by atoms with Gasteiger partial charge in [0.2, 0.25) is 0 Å². The van der Waals surface area contributed by atoms with Crippen molar-refractivity contribution in [2.75, 3.05) is 5.73 Å². The Hall–Kier alpha value is -0.710. The Morgan fingerprint density at radius 1 is 1.47 bits per heavy atom. The van der Waals surface area contributed by atoms with Gasteiger partial charge in [-0.1, -0.05) is 23.4 Å². The molecule has 2 nitrogen and oxygen atoms in total. The summed E-state index contributed by atoms with van der Waals surface area (Å²) in [5.41, 5.74) is 7.58. The number of rotatable bonds is 2. The molecule has 1 heterocycles. The second-order valence-electron chi connectivity index (χ2n) is 3.04. The van der Waals surface area contributed by atoms with Crippen LogP contribution in [0.25, 0.3) is 0 Å². The summed E-state index contributed by atoms with van der Waals surface area (Å²) in [6.07, 6.45) is 0. The van der Waals surface area contributed by atoms with Crippen molar-refractivity contribution in [3.05, 3.63) is 34.3 Å². The number of aryl methyl sites for hydroxylation is 1. The van der Waals surface area contributed by atoms with Gasteiger partial charge < -0.3 is 5.73 Å². The Balaban J connectivity index is 2.24. The third kappa shape index (κ3) is 2.65. The van der Waals surface area contributed by atoms with E-state index in [-0.39, 0.29) is 0 Å². The van der Waals surface area contributed by atoms with Crippen LogP contribution in [0.15, 0.2) is 32.8 Å². The first-order valence-electron chi connectivity index (χ1n) is 4.30. The molecule has 0 amide bonds. The van der Waals surface area contributed by atoms with E-state index in [0.717, 1.165) is 14.9 Å². The smallest absolute Gasteiger partial charge is 0.154 e. The minimum absolute atomic E-state index is 0.659. The summed E-state index contributed by atoms with van der Waals surface area (Å²) >= 11 is 9.01. The van der Waals surface area contributed by atoms with Crippen LogP contribution >= 0.6 is 34.7 Å². The highest BCUT2D eigenvalue weighted by Crippen LogP contribution is 2.34. The molecule has 1 aromatic heterocycles. The van der Waals surface area contributed by atoms with Crippen molar-refractivity contribution in [1.29, 1.82) is 0 Å². The molecule has 5 heteroatoms. The second-order valence-corrected chi connectivity index (χ2v) is 5.62. The molecule has 2 N–H and O–H groups in total. The topological polar surface area (TPSA) is 38.9 Å². The zero-order valence-electron chi connectivity index (χ0n) is 8.03. The van der Waals surface area contributed by atoms with E-state index in [9.17, 15) is 0 Å². The van der Waals surface area contributed by atoms with Gasteiger partial charge in [0.05, 0.1) is 0 Å². The normalized spacial score (nSPS) is 10.5. The summed E-state index contributed by atoms with van der Waals surface area (Å²) < 4.78 is 1.00. The third-order valence-electron chi connectivity index (χ3n) is 1.77. The van der Waals surface area contributed by atoms with Crippen LogP contribution in [0.2, 0.25) is 5.02 Å². The Kier molecular flexibility index (Phi) is 3.19. The summed E-state index contributed by atoms with van der Waals surface area (Å²) in [6.45, 7) is 1.98. The summed E-state index contributed by atoms with van der Waals surface area (Å²) in [6, 6.07) is 5.50. The maximum atomic E-state index is 5.85. The van der Waals surface area contributed by atoms with E-state index in [2.05, 4.69) is 4.98 Å². The number of nitrogens with two attached hydrogens (primary N) is 1. The molecule has 0 spiro atoms. The van der Waals surface area contributed by atoms with Crippen LogP contribution in [-0.4, -0.2) is 4.98 Å². The van der Waals surface area contributed by atoms with Gasteiger partial charge in [0.15, 0.2) is 4.34 Å². The van der Waals surface area contributed by atoms with E-state index in [1.165, 1.54) is 0 Å². The van der Waals surface area contributed by atoms with Gasteiger partial charge in [0.1, 0.15) is 0 Å². The lowest BCUT2D eigenvalue weighted by molar-refractivity contribution is 1.16. The van der Waals surface area contributed by atoms with E-state index in [0.29, 0.717) is 10.7 Å². The number of hydrogen-bond acceptors (Lipinski definition) is 4. The molecule has 2 rings (SSSR count). The number of nitrogen functional groups attached to an aromatic ring is 1. The molecule has 0 aliphatic rings.